The number of phenolic OH excluding ortho intramolecular Hbond substituents is 1. The number of furan rings is 1. The van der Waals surface area contributed by atoms with E-state index in [0.717, 1.165) is 58.5 Å². The first-order chi connectivity index (χ1) is 16.6. The predicted molar refractivity (Wildman–Crippen MR) is 127 cm³/mol. The summed E-state index contributed by atoms with van der Waals surface area (Å²) in [5.74, 6) is 1.50. The first kappa shape index (κ1) is 19.1. The molecule has 3 aliphatic heterocycles. The number of rotatable bonds is 2. The monoisotopic (exact) mass is 451 g/mol. The SMILES string of the molecule is Oc1c(Cc2ccccc2)ccc2c1OC1c3oc4ccccc4c3C[C@@]3(O)[C@H]4CN4CCC213. The second kappa shape index (κ2) is 6.23. The summed E-state index contributed by atoms with van der Waals surface area (Å²) in [4.78, 5) is 2.36. The van der Waals surface area contributed by atoms with Crippen molar-refractivity contribution < 1.29 is 19.4 Å². The predicted octanol–water partition coefficient (Wildman–Crippen LogP) is 4.48. The van der Waals surface area contributed by atoms with Crippen molar-refractivity contribution in [2.24, 2.45) is 0 Å². The van der Waals surface area contributed by atoms with E-state index in [2.05, 4.69) is 29.2 Å². The number of fused-ring (bicyclic) bond motifs is 7. The van der Waals surface area contributed by atoms with E-state index in [1.54, 1.807) is 0 Å². The van der Waals surface area contributed by atoms with Gasteiger partial charge in [0.2, 0.25) is 0 Å². The van der Waals surface area contributed by atoms with Gasteiger partial charge in [0.1, 0.15) is 11.3 Å². The van der Waals surface area contributed by atoms with E-state index in [0.29, 0.717) is 18.6 Å². The minimum atomic E-state index is -0.978. The van der Waals surface area contributed by atoms with Gasteiger partial charge >= 0.3 is 0 Å². The lowest BCUT2D eigenvalue weighted by atomic mass is 9.55. The Hall–Kier alpha value is -3.28. The van der Waals surface area contributed by atoms with Crippen LogP contribution in [-0.4, -0.2) is 39.8 Å². The Morgan fingerprint density at radius 2 is 1.82 bits per heavy atom. The summed E-state index contributed by atoms with van der Waals surface area (Å²) < 4.78 is 13.1. The Labute approximate surface area is 197 Å². The van der Waals surface area contributed by atoms with Crippen LogP contribution in [0.15, 0.2) is 71.1 Å². The van der Waals surface area contributed by atoms with Crippen molar-refractivity contribution in [3.05, 3.63) is 94.7 Å². The van der Waals surface area contributed by atoms with E-state index in [-0.39, 0.29) is 11.8 Å². The van der Waals surface area contributed by atoms with Crippen molar-refractivity contribution >= 4 is 11.0 Å². The van der Waals surface area contributed by atoms with E-state index >= 15 is 0 Å². The summed E-state index contributed by atoms with van der Waals surface area (Å²) in [6.45, 7) is 1.82. The van der Waals surface area contributed by atoms with Gasteiger partial charge in [-0.2, -0.15) is 0 Å². The summed E-state index contributed by atoms with van der Waals surface area (Å²) in [5, 5.41) is 24.9. The van der Waals surface area contributed by atoms with E-state index in [4.69, 9.17) is 9.15 Å². The molecule has 170 valence electrons. The highest BCUT2D eigenvalue weighted by atomic mass is 16.5. The van der Waals surface area contributed by atoms with Gasteiger partial charge in [0.15, 0.2) is 17.6 Å². The second-order valence-electron chi connectivity index (χ2n) is 10.4. The molecule has 1 aliphatic carbocycles. The maximum Gasteiger partial charge on any atom is 0.169 e. The Bertz CT molecular complexity index is 1480. The van der Waals surface area contributed by atoms with Crippen LogP contribution in [0.1, 0.15) is 40.5 Å². The van der Waals surface area contributed by atoms with Crippen molar-refractivity contribution in [3.63, 3.8) is 0 Å². The van der Waals surface area contributed by atoms with Gasteiger partial charge in [-0.3, -0.25) is 4.90 Å². The molecule has 2 saturated heterocycles. The number of nitrogens with zero attached hydrogens (tertiary/aromatic N) is 1. The smallest absolute Gasteiger partial charge is 0.169 e. The number of para-hydroxylation sites is 1. The molecule has 3 unspecified atom stereocenters. The molecule has 5 nitrogen and oxygen atoms in total. The molecule has 1 aromatic heterocycles. The topological polar surface area (TPSA) is 65.8 Å². The van der Waals surface area contributed by atoms with Gasteiger partial charge in [-0.15, -0.1) is 0 Å². The standard InChI is InChI=1S/C29H25NO4/c31-24-18(14-17-6-2-1-3-7-17)10-11-21-26(24)34-27-25-20(19-8-4-5-9-22(19)33-25)15-29(32)23-16-30(23)13-12-28(21,27)29/h1-11,23,27,31-32H,12-16H2/t23-,27?,28?,29-,30?/m1/s1. The Morgan fingerprint density at radius 1 is 1.00 bits per heavy atom. The fourth-order valence-electron chi connectivity index (χ4n) is 7.17. The van der Waals surface area contributed by atoms with E-state index in [1.807, 2.05) is 42.5 Å². The summed E-state index contributed by atoms with van der Waals surface area (Å²) in [5.41, 5.74) is 3.14. The minimum Gasteiger partial charge on any atom is -0.504 e. The maximum atomic E-state index is 12.5. The molecule has 2 fully saturated rings. The molecule has 8 rings (SSSR count). The van der Waals surface area contributed by atoms with E-state index < -0.39 is 17.1 Å². The highest BCUT2D eigenvalue weighted by Gasteiger charge is 2.74. The van der Waals surface area contributed by atoms with Crippen LogP contribution in [0, 0.1) is 0 Å². The molecule has 4 heterocycles. The van der Waals surface area contributed by atoms with Crippen LogP contribution in [0.5, 0.6) is 11.5 Å². The summed E-state index contributed by atoms with van der Waals surface area (Å²) in [6.07, 6.45) is 1.47. The Balaban J connectivity index is 1.34. The number of hydrogen-bond donors (Lipinski definition) is 2. The molecule has 2 N–H and O–H groups in total. The van der Waals surface area contributed by atoms with E-state index in [1.165, 1.54) is 0 Å². The molecule has 4 aromatic rings. The lowest BCUT2D eigenvalue weighted by molar-refractivity contribution is -0.116. The molecule has 0 bridgehead atoms. The first-order valence-corrected chi connectivity index (χ1v) is 12.1. The Morgan fingerprint density at radius 3 is 2.71 bits per heavy atom. The zero-order chi connectivity index (χ0) is 22.7. The number of piperidine rings is 1. The van der Waals surface area contributed by atoms with E-state index in [9.17, 15) is 10.2 Å². The van der Waals surface area contributed by atoms with Gasteiger partial charge in [-0.25, -0.2) is 0 Å². The number of aromatic hydroxyl groups is 1. The zero-order valence-corrected chi connectivity index (χ0v) is 18.7. The lowest BCUT2D eigenvalue weighted by Gasteiger charge is -2.52. The van der Waals surface area contributed by atoms with Crippen molar-refractivity contribution in [1.29, 1.82) is 0 Å². The maximum absolute atomic E-state index is 12.5. The van der Waals surface area contributed by atoms with Gasteiger partial charge in [0.05, 0.1) is 17.1 Å². The van der Waals surface area contributed by atoms with Crippen LogP contribution >= 0.6 is 0 Å². The second-order valence-corrected chi connectivity index (χ2v) is 10.4. The van der Waals surface area contributed by atoms with Crippen LogP contribution in [0.2, 0.25) is 0 Å². The van der Waals surface area contributed by atoms with Gasteiger partial charge in [-0.1, -0.05) is 60.7 Å². The van der Waals surface area contributed by atoms with Crippen molar-refractivity contribution in [1.82, 2.24) is 4.90 Å². The highest BCUT2D eigenvalue weighted by Crippen LogP contribution is 2.68. The molecule has 5 heteroatoms. The number of benzene rings is 3. The lowest BCUT2D eigenvalue weighted by Crippen LogP contribution is -2.64. The van der Waals surface area contributed by atoms with Gasteiger partial charge in [0, 0.05) is 41.5 Å². The van der Waals surface area contributed by atoms with Crippen LogP contribution in [-0.2, 0) is 18.3 Å². The third-order valence-electron chi connectivity index (χ3n) is 8.86. The van der Waals surface area contributed by atoms with Crippen LogP contribution in [0.25, 0.3) is 11.0 Å². The minimum absolute atomic E-state index is 0.103. The quantitative estimate of drug-likeness (QED) is 0.440. The normalized spacial score (nSPS) is 32.2. The highest BCUT2D eigenvalue weighted by molar-refractivity contribution is 5.83. The summed E-state index contributed by atoms with van der Waals surface area (Å²) >= 11 is 0. The Kier molecular flexibility index (Phi) is 3.50. The molecule has 1 spiro atoms. The fourth-order valence-corrected chi connectivity index (χ4v) is 7.17. The number of aliphatic hydroxyl groups is 1. The van der Waals surface area contributed by atoms with Crippen LogP contribution in [0.4, 0.5) is 0 Å². The molecule has 5 atom stereocenters. The molecule has 0 amide bonds. The largest absolute Gasteiger partial charge is 0.504 e. The molecular weight excluding hydrogens is 426 g/mol. The summed E-state index contributed by atoms with van der Waals surface area (Å²) in [6, 6.07) is 22.4. The van der Waals surface area contributed by atoms with Crippen molar-refractivity contribution in [3.8, 4) is 11.5 Å². The van der Waals surface area contributed by atoms with Crippen molar-refractivity contribution in [2.75, 3.05) is 13.1 Å². The summed E-state index contributed by atoms with van der Waals surface area (Å²) in [7, 11) is 0. The molecule has 34 heavy (non-hydrogen) atoms. The number of phenols is 1. The third kappa shape index (κ3) is 2.18. The number of ether oxygens (including phenoxy) is 1. The van der Waals surface area contributed by atoms with Crippen LogP contribution < -0.4 is 4.74 Å². The average Bonchev–Trinajstić information content (AvgIpc) is 3.47. The van der Waals surface area contributed by atoms with Crippen molar-refractivity contribution in [2.45, 2.75) is 42.4 Å². The molecular formula is C29H25NO4. The average molecular weight is 452 g/mol. The molecule has 3 aromatic carbocycles. The number of hydrogen-bond acceptors (Lipinski definition) is 5. The first-order valence-electron chi connectivity index (χ1n) is 12.1. The van der Waals surface area contributed by atoms with Gasteiger partial charge in [0.25, 0.3) is 0 Å². The van der Waals surface area contributed by atoms with Gasteiger partial charge in [-0.05, 0) is 24.6 Å². The third-order valence-corrected chi connectivity index (χ3v) is 8.86. The van der Waals surface area contributed by atoms with Crippen LogP contribution in [0.3, 0.4) is 0 Å². The zero-order valence-electron chi connectivity index (χ0n) is 18.7. The fraction of sp³-hybridized carbons (Fsp3) is 0.310. The van der Waals surface area contributed by atoms with Gasteiger partial charge < -0.3 is 19.4 Å². The molecule has 0 saturated carbocycles. The molecule has 0 radical (unpaired) electrons. The molecule has 4 aliphatic rings.